The van der Waals surface area contributed by atoms with Crippen LogP contribution in [0.1, 0.15) is 23.2 Å². The van der Waals surface area contributed by atoms with Gasteiger partial charge in [-0.2, -0.15) is 18.4 Å². The molecule has 86 valence electrons. The zero-order chi connectivity index (χ0) is 12.5. The van der Waals surface area contributed by atoms with Crippen LogP contribution in [0.15, 0.2) is 6.20 Å². The van der Waals surface area contributed by atoms with Gasteiger partial charge in [-0.05, 0) is 0 Å². The minimum atomic E-state index is -4.99. The molecule has 0 amide bonds. The molecule has 0 aliphatic carbocycles. The van der Waals surface area contributed by atoms with Gasteiger partial charge in [0, 0.05) is 6.20 Å². The highest BCUT2D eigenvalue weighted by atomic mass is 35.5. The molecule has 0 aliphatic heterocycles. The fourth-order valence-corrected chi connectivity index (χ4v) is 1.29. The molecule has 0 spiro atoms. The summed E-state index contributed by atoms with van der Waals surface area (Å²) in [5.41, 5.74) is -3.71. The first kappa shape index (κ1) is 12.6. The molecule has 1 aromatic rings. The third-order valence-corrected chi connectivity index (χ3v) is 2.07. The Morgan fingerprint density at radius 2 is 1.94 bits per heavy atom. The first-order chi connectivity index (χ1) is 7.29. The molecule has 0 bridgehead atoms. The van der Waals surface area contributed by atoms with Gasteiger partial charge >= 0.3 is 6.18 Å². The van der Waals surface area contributed by atoms with Crippen molar-refractivity contribution >= 4 is 11.6 Å². The SMILES string of the molecule is N#Cc1ncc(C(F)(F)F)c(C(F)F)c1Cl. The van der Waals surface area contributed by atoms with Crippen LogP contribution in [0.4, 0.5) is 22.0 Å². The number of pyridine rings is 1. The quantitative estimate of drug-likeness (QED) is 0.720. The molecule has 0 saturated heterocycles. The smallest absolute Gasteiger partial charge is 0.243 e. The third-order valence-electron chi connectivity index (χ3n) is 1.69. The van der Waals surface area contributed by atoms with Gasteiger partial charge < -0.3 is 0 Å². The number of nitrogens with zero attached hydrogens (tertiary/aromatic N) is 2. The molecular weight excluding hydrogens is 255 g/mol. The fraction of sp³-hybridized carbons (Fsp3) is 0.250. The van der Waals surface area contributed by atoms with Crippen LogP contribution in [0.25, 0.3) is 0 Å². The Bertz CT molecular complexity index is 449. The molecule has 0 radical (unpaired) electrons. The number of rotatable bonds is 1. The number of halogens is 6. The summed E-state index contributed by atoms with van der Waals surface area (Å²) in [6, 6.07) is 1.33. The zero-order valence-corrected chi connectivity index (χ0v) is 8.07. The largest absolute Gasteiger partial charge is 0.418 e. The zero-order valence-electron chi connectivity index (χ0n) is 7.32. The lowest BCUT2D eigenvalue weighted by Gasteiger charge is -2.13. The van der Waals surface area contributed by atoms with Crippen LogP contribution in [0.2, 0.25) is 5.02 Å². The van der Waals surface area contributed by atoms with Crippen molar-refractivity contribution < 1.29 is 22.0 Å². The monoisotopic (exact) mass is 256 g/mol. The van der Waals surface area contributed by atoms with Gasteiger partial charge in [0.15, 0.2) is 5.69 Å². The highest BCUT2D eigenvalue weighted by Crippen LogP contribution is 2.40. The van der Waals surface area contributed by atoms with E-state index in [4.69, 9.17) is 16.9 Å². The van der Waals surface area contributed by atoms with Crippen molar-refractivity contribution in [1.29, 1.82) is 5.26 Å². The van der Waals surface area contributed by atoms with Crippen LogP contribution in [0.3, 0.4) is 0 Å². The average molecular weight is 257 g/mol. The lowest BCUT2D eigenvalue weighted by molar-refractivity contribution is -0.139. The van der Waals surface area contributed by atoms with E-state index in [1.165, 1.54) is 6.07 Å². The fourth-order valence-electron chi connectivity index (χ4n) is 1.02. The molecule has 16 heavy (non-hydrogen) atoms. The summed E-state index contributed by atoms with van der Waals surface area (Å²) in [6.07, 6.45) is -8.25. The van der Waals surface area contributed by atoms with E-state index in [0.29, 0.717) is 0 Å². The van der Waals surface area contributed by atoms with Gasteiger partial charge in [0.2, 0.25) is 0 Å². The maximum absolute atomic E-state index is 12.4. The molecule has 0 unspecified atom stereocenters. The predicted molar refractivity (Wildman–Crippen MR) is 43.9 cm³/mol. The van der Waals surface area contributed by atoms with Crippen molar-refractivity contribution in [2.45, 2.75) is 12.6 Å². The Kier molecular flexibility index (Phi) is 3.33. The lowest BCUT2D eigenvalue weighted by Crippen LogP contribution is -2.12. The first-order valence-corrected chi connectivity index (χ1v) is 4.10. The van der Waals surface area contributed by atoms with Gasteiger partial charge in [-0.3, -0.25) is 0 Å². The highest BCUT2D eigenvalue weighted by molar-refractivity contribution is 6.32. The predicted octanol–water partition coefficient (Wildman–Crippen LogP) is 3.56. The van der Waals surface area contributed by atoms with Crippen molar-refractivity contribution in [2.24, 2.45) is 0 Å². The molecule has 0 atom stereocenters. The van der Waals surface area contributed by atoms with Crippen molar-refractivity contribution in [2.75, 3.05) is 0 Å². The number of hydrogen-bond donors (Lipinski definition) is 0. The second-order valence-corrected chi connectivity index (χ2v) is 3.04. The van der Waals surface area contributed by atoms with E-state index in [1.807, 2.05) is 0 Å². The molecule has 0 aromatic carbocycles. The first-order valence-electron chi connectivity index (χ1n) is 3.73. The average Bonchev–Trinajstić information content (AvgIpc) is 2.15. The summed E-state index contributed by atoms with van der Waals surface area (Å²) in [5.74, 6) is 0. The molecule has 1 heterocycles. The van der Waals surface area contributed by atoms with Gasteiger partial charge in [0.05, 0.1) is 16.1 Å². The number of hydrogen-bond acceptors (Lipinski definition) is 2. The molecule has 1 aromatic heterocycles. The molecular formula is C8H2ClF5N2. The Morgan fingerprint density at radius 3 is 2.31 bits per heavy atom. The standard InChI is InChI=1S/C8H2ClF5N2/c9-6-4(1-15)16-2-3(8(12,13)14)5(6)7(10)11/h2,7H. The minimum absolute atomic E-state index is 0.173. The van der Waals surface area contributed by atoms with E-state index in [9.17, 15) is 22.0 Å². The third kappa shape index (κ3) is 2.22. The van der Waals surface area contributed by atoms with E-state index in [-0.39, 0.29) is 6.20 Å². The maximum atomic E-state index is 12.4. The van der Waals surface area contributed by atoms with E-state index in [0.717, 1.165) is 0 Å². The molecule has 0 saturated carbocycles. The summed E-state index contributed by atoms with van der Waals surface area (Å²) in [4.78, 5) is 3.06. The van der Waals surface area contributed by atoms with Gasteiger partial charge in [-0.1, -0.05) is 11.6 Å². The van der Waals surface area contributed by atoms with Crippen molar-refractivity contribution in [3.8, 4) is 6.07 Å². The molecule has 8 heteroatoms. The Labute approximate surface area is 91.3 Å². The van der Waals surface area contributed by atoms with Gasteiger partial charge in [-0.25, -0.2) is 13.8 Å². The molecule has 1 rings (SSSR count). The van der Waals surface area contributed by atoms with E-state index in [1.54, 1.807) is 0 Å². The molecule has 2 nitrogen and oxygen atoms in total. The van der Waals surface area contributed by atoms with Crippen molar-refractivity contribution in [3.05, 3.63) is 28.0 Å². The van der Waals surface area contributed by atoms with Crippen LogP contribution in [-0.2, 0) is 6.18 Å². The summed E-state index contributed by atoms with van der Waals surface area (Å²) < 4.78 is 61.8. The van der Waals surface area contributed by atoms with Crippen LogP contribution in [0.5, 0.6) is 0 Å². The normalized spacial score (nSPS) is 11.6. The highest BCUT2D eigenvalue weighted by Gasteiger charge is 2.38. The summed E-state index contributed by atoms with van der Waals surface area (Å²) in [7, 11) is 0. The second-order valence-electron chi connectivity index (χ2n) is 2.66. The second kappa shape index (κ2) is 4.22. The summed E-state index contributed by atoms with van der Waals surface area (Å²) >= 11 is 5.25. The Balaban J connectivity index is 3.55. The van der Waals surface area contributed by atoms with Crippen LogP contribution < -0.4 is 0 Å². The van der Waals surface area contributed by atoms with Crippen LogP contribution >= 0.6 is 11.6 Å². The minimum Gasteiger partial charge on any atom is -0.243 e. The summed E-state index contributed by atoms with van der Waals surface area (Å²) in [5, 5.41) is 7.43. The number of alkyl halides is 5. The molecule has 0 N–H and O–H groups in total. The van der Waals surface area contributed by atoms with Gasteiger partial charge in [-0.15, -0.1) is 0 Å². The Morgan fingerprint density at radius 1 is 1.38 bits per heavy atom. The van der Waals surface area contributed by atoms with E-state index < -0.39 is 34.4 Å². The van der Waals surface area contributed by atoms with Crippen LogP contribution in [0, 0.1) is 11.3 Å². The van der Waals surface area contributed by atoms with Gasteiger partial charge in [0.25, 0.3) is 6.43 Å². The number of aromatic nitrogens is 1. The van der Waals surface area contributed by atoms with E-state index in [2.05, 4.69) is 4.98 Å². The van der Waals surface area contributed by atoms with Crippen LogP contribution in [-0.4, -0.2) is 4.98 Å². The van der Waals surface area contributed by atoms with Crippen molar-refractivity contribution in [3.63, 3.8) is 0 Å². The lowest BCUT2D eigenvalue weighted by atomic mass is 10.1. The topological polar surface area (TPSA) is 36.7 Å². The van der Waals surface area contributed by atoms with Crippen molar-refractivity contribution in [1.82, 2.24) is 4.98 Å². The molecule has 0 aliphatic rings. The summed E-state index contributed by atoms with van der Waals surface area (Å²) in [6.45, 7) is 0. The maximum Gasteiger partial charge on any atom is 0.418 e. The number of nitriles is 1. The van der Waals surface area contributed by atoms with E-state index >= 15 is 0 Å². The van der Waals surface area contributed by atoms with Gasteiger partial charge in [0.1, 0.15) is 6.07 Å². The molecule has 0 fully saturated rings. The Hall–Kier alpha value is -1.42.